The van der Waals surface area contributed by atoms with Gasteiger partial charge in [0, 0.05) is 30.9 Å². The zero-order valence-electron chi connectivity index (χ0n) is 11.4. The van der Waals surface area contributed by atoms with E-state index in [9.17, 15) is 4.79 Å². The van der Waals surface area contributed by atoms with Crippen molar-refractivity contribution in [3.05, 3.63) is 58.9 Å². The van der Waals surface area contributed by atoms with Crippen molar-refractivity contribution in [2.75, 3.05) is 7.05 Å². The summed E-state index contributed by atoms with van der Waals surface area (Å²) < 4.78 is 1.91. The number of imidazole rings is 1. The van der Waals surface area contributed by atoms with Crippen molar-refractivity contribution in [2.45, 2.75) is 13.5 Å². The minimum Gasteiger partial charge on any atom is -0.336 e. The summed E-state index contributed by atoms with van der Waals surface area (Å²) in [6.07, 6.45) is 3.78. The van der Waals surface area contributed by atoms with Crippen LogP contribution in [-0.2, 0) is 6.54 Å². The van der Waals surface area contributed by atoms with E-state index in [1.165, 1.54) is 4.88 Å². The molecule has 0 spiro atoms. The standard InChI is InChI=1S/C15H15N3OS/c1-11-8-18-10-13(16-15(18)20-11)14(19)17(2)9-12-6-4-3-5-7-12/h3-8,10H,9H2,1-2H3. The van der Waals surface area contributed by atoms with E-state index in [0.29, 0.717) is 12.2 Å². The normalized spacial score (nSPS) is 10.9. The summed E-state index contributed by atoms with van der Waals surface area (Å²) in [7, 11) is 1.80. The van der Waals surface area contributed by atoms with Gasteiger partial charge in [0.05, 0.1) is 0 Å². The van der Waals surface area contributed by atoms with Gasteiger partial charge in [-0.1, -0.05) is 30.3 Å². The first-order valence-electron chi connectivity index (χ1n) is 6.38. The van der Waals surface area contributed by atoms with E-state index in [-0.39, 0.29) is 5.91 Å². The molecule has 0 aliphatic rings. The Morgan fingerprint density at radius 3 is 2.75 bits per heavy atom. The highest BCUT2D eigenvalue weighted by Gasteiger charge is 2.16. The molecule has 0 atom stereocenters. The van der Waals surface area contributed by atoms with E-state index >= 15 is 0 Å². The summed E-state index contributed by atoms with van der Waals surface area (Å²) in [6, 6.07) is 9.95. The van der Waals surface area contributed by atoms with Crippen molar-refractivity contribution in [3.8, 4) is 0 Å². The van der Waals surface area contributed by atoms with Crippen LogP contribution in [0.3, 0.4) is 0 Å². The summed E-state index contributed by atoms with van der Waals surface area (Å²) in [5, 5.41) is 0. The Morgan fingerprint density at radius 2 is 2.05 bits per heavy atom. The Labute approximate surface area is 121 Å². The maximum atomic E-state index is 12.4. The number of carbonyl (C=O) groups excluding carboxylic acids is 1. The van der Waals surface area contributed by atoms with Crippen molar-refractivity contribution in [1.29, 1.82) is 0 Å². The molecule has 0 saturated heterocycles. The highest BCUT2D eigenvalue weighted by molar-refractivity contribution is 7.17. The van der Waals surface area contributed by atoms with Gasteiger partial charge in [-0.25, -0.2) is 4.98 Å². The van der Waals surface area contributed by atoms with Crippen LogP contribution >= 0.6 is 11.3 Å². The SMILES string of the molecule is Cc1cn2cc(C(=O)N(C)Cc3ccccc3)nc2s1. The second-order valence-electron chi connectivity index (χ2n) is 4.80. The molecule has 4 nitrogen and oxygen atoms in total. The number of hydrogen-bond donors (Lipinski definition) is 0. The first-order valence-corrected chi connectivity index (χ1v) is 7.19. The van der Waals surface area contributed by atoms with E-state index in [4.69, 9.17) is 0 Å². The fraction of sp³-hybridized carbons (Fsp3) is 0.200. The van der Waals surface area contributed by atoms with Crippen LogP contribution in [0.2, 0.25) is 0 Å². The Morgan fingerprint density at radius 1 is 1.30 bits per heavy atom. The molecule has 1 amide bonds. The molecule has 2 aromatic heterocycles. The van der Waals surface area contributed by atoms with E-state index in [1.54, 1.807) is 29.5 Å². The number of nitrogens with zero attached hydrogens (tertiary/aromatic N) is 3. The van der Waals surface area contributed by atoms with Gasteiger partial charge in [0.15, 0.2) is 4.96 Å². The van der Waals surface area contributed by atoms with E-state index in [2.05, 4.69) is 4.98 Å². The molecule has 0 unspecified atom stereocenters. The maximum absolute atomic E-state index is 12.4. The van der Waals surface area contributed by atoms with Crippen LogP contribution in [0.1, 0.15) is 20.9 Å². The van der Waals surface area contributed by atoms with Crippen molar-refractivity contribution >= 4 is 22.2 Å². The topological polar surface area (TPSA) is 37.6 Å². The molecular weight excluding hydrogens is 270 g/mol. The fourth-order valence-electron chi connectivity index (χ4n) is 2.14. The quantitative estimate of drug-likeness (QED) is 0.742. The monoisotopic (exact) mass is 285 g/mol. The zero-order valence-corrected chi connectivity index (χ0v) is 12.2. The van der Waals surface area contributed by atoms with Crippen LogP contribution in [0.5, 0.6) is 0 Å². The van der Waals surface area contributed by atoms with Crippen molar-refractivity contribution in [2.24, 2.45) is 0 Å². The number of carbonyl (C=O) groups is 1. The molecule has 20 heavy (non-hydrogen) atoms. The molecule has 5 heteroatoms. The number of rotatable bonds is 3. The van der Waals surface area contributed by atoms with Crippen LogP contribution in [0, 0.1) is 6.92 Å². The second-order valence-corrected chi connectivity index (χ2v) is 6.02. The smallest absolute Gasteiger partial charge is 0.274 e. The molecule has 0 aliphatic carbocycles. The van der Waals surface area contributed by atoms with Gasteiger partial charge in [0.25, 0.3) is 5.91 Å². The summed E-state index contributed by atoms with van der Waals surface area (Å²) >= 11 is 1.59. The molecule has 102 valence electrons. The highest BCUT2D eigenvalue weighted by atomic mass is 32.1. The summed E-state index contributed by atoms with van der Waals surface area (Å²) in [4.78, 5) is 20.5. The molecule has 1 aromatic carbocycles. The van der Waals surface area contributed by atoms with Crippen molar-refractivity contribution < 1.29 is 4.79 Å². The number of aromatic nitrogens is 2. The van der Waals surface area contributed by atoms with Gasteiger partial charge in [-0.15, -0.1) is 11.3 Å². The summed E-state index contributed by atoms with van der Waals surface area (Å²) in [5.74, 6) is -0.0533. The number of amides is 1. The summed E-state index contributed by atoms with van der Waals surface area (Å²) in [5.41, 5.74) is 1.61. The number of aryl methyl sites for hydroxylation is 1. The van der Waals surface area contributed by atoms with E-state index in [1.807, 2.05) is 47.9 Å². The van der Waals surface area contributed by atoms with Crippen molar-refractivity contribution in [3.63, 3.8) is 0 Å². The largest absolute Gasteiger partial charge is 0.336 e. The molecule has 3 rings (SSSR count). The highest BCUT2D eigenvalue weighted by Crippen LogP contribution is 2.17. The van der Waals surface area contributed by atoms with Gasteiger partial charge < -0.3 is 4.90 Å². The third-order valence-electron chi connectivity index (χ3n) is 3.10. The van der Waals surface area contributed by atoms with Crippen LogP contribution in [-0.4, -0.2) is 27.2 Å². The molecule has 0 N–H and O–H groups in total. The lowest BCUT2D eigenvalue weighted by molar-refractivity contribution is 0.0780. The Bertz CT molecular complexity index is 713. The average Bonchev–Trinajstić information content (AvgIpc) is 2.96. The van der Waals surface area contributed by atoms with Gasteiger partial charge >= 0.3 is 0 Å². The van der Waals surface area contributed by atoms with Crippen LogP contribution < -0.4 is 0 Å². The Balaban J connectivity index is 1.79. The third kappa shape index (κ3) is 2.44. The van der Waals surface area contributed by atoms with Gasteiger partial charge in [0.2, 0.25) is 0 Å². The number of hydrogen-bond acceptors (Lipinski definition) is 3. The minimum absolute atomic E-state index is 0.0533. The number of thiazole rings is 1. The Kier molecular flexibility index (Phi) is 3.28. The lowest BCUT2D eigenvalue weighted by atomic mass is 10.2. The molecule has 0 bridgehead atoms. The number of fused-ring (bicyclic) bond motifs is 1. The third-order valence-corrected chi connectivity index (χ3v) is 4.01. The molecule has 0 aliphatic heterocycles. The molecule has 0 radical (unpaired) electrons. The molecule has 0 saturated carbocycles. The lowest BCUT2D eigenvalue weighted by Crippen LogP contribution is -2.26. The van der Waals surface area contributed by atoms with Crippen molar-refractivity contribution in [1.82, 2.24) is 14.3 Å². The van der Waals surface area contributed by atoms with Crippen LogP contribution in [0.15, 0.2) is 42.7 Å². The van der Waals surface area contributed by atoms with Gasteiger partial charge in [-0.2, -0.15) is 0 Å². The van der Waals surface area contributed by atoms with Gasteiger partial charge in [-0.3, -0.25) is 9.20 Å². The zero-order chi connectivity index (χ0) is 14.1. The predicted molar refractivity (Wildman–Crippen MR) is 80.0 cm³/mol. The first kappa shape index (κ1) is 12.9. The summed E-state index contributed by atoms with van der Waals surface area (Å²) in [6.45, 7) is 2.62. The van der Waals surface area contributed by atoms with E-state index < -0.39 is 0 Å². The molecule has 3 aromatic rings. The first-order chi connectivity index (χ1) is 9.63. The number of benzene rings is 1. The average molecular weight is 285 g/mol. The minimum atomic E-state index is -0.0533. The fourth-order valence-corrected chi connectivity index (χ4v) is 2.95. The molecule has 0 fully saturated rings. The molecule has 2 heterocycles. The maximum Gasteiger partial charge on any atom is 0.274 e. The van der Waals surface area contributed by atoms with E-state index in [0.717, 1.165) is 10.5 Å². The van der Waals surface area contributed by atoms with Gasteiger partial charge in [-0.05, 0) is 12.5 Å². The Hall–Kier alpha value is -2.14. The predicted octanol–water partition coefficient (Wildman–Crippen LogP) is 2.98. The van der Waals surface area contributed by atoms with Gasteiger partial charge in [0.1, 0.15) is 5.69 Å². The van der Waals surface area contributed by atoms with Crippen LogP contribution in [0.25, 0.3) is 4.96 Å². The van der Waals surface area contributed by atoms with Crippen LogP contribution in [0.4, 0.5) is 0 Å². The second kappa shape index (κ2) is 5.09. The molecular formula is C15H15N3OS. The lowest BCUT2D eigenvalue weighted by Gasteiger charge is -2.15.